The van der Waals surface area contributed by atoms with Gasteiger partial charge in [0.15, 0.2) is 5.01 Å². The van der Waals surface area contributed by atoms with Crippen molar-refractivity contribution in [3.63, 3.8) is 0 Å². The molecule has 1 aromatic carbocycles. The van der Waals surface area contributed by atoms with Crippen LogP contribution in [0.2, 0.25) is 0 Å². The maximum Gasteiger partial charge on any atom is 0.195 e. The molecule has 0 amide bonds. The topological polar surface area (TPSA) is 36.7 Å². The van der Waals surface area contributed by atoms with Crippen molar-refractivity contribution in [3.8, 4) is 6.07 Å². The zero-order valence-electron chi connectivity index (χ0n) is 6.94. The van der Waals surface area contributed by atoms with Crippen LogP contribution in [-0.2, 0) is 0 Å². The summed E-state index contributed by atoms with van der Waals surface area (Å²) in [4.78, 5) is 5.36. The van der Waals surface area contributed by atoms with Crippen LogP contribution in [-0.4, -0.2) is 11.2 Å². The SMILES string of the molecule is CSc1ccc2nc(C#N)sc2c1. The molecule has 0 bridgehead atoms. The van der Waals surface area contributed by atoms with Gasteiger partial charge in [0.1, 0.15) is 6.07 Å². The lowest BCUT2D eigenvalue weighted by molar-refractivity contribution is 1.39. The third-order valence-corrected chi connectivity index (χ3v) is 3.34. The minimum Gasteiger partial charge on any atom is -0.226 e. The van der Waals surface area contributed by atoms with Crippen molar-refractivity contribution >= 4 is 33.3 Å². The summed E-state index contributed by atoms with van der Waals surface area (Å²) in [6.07, 6.45) is 2.04. The van der Waals surface area contributed by atoms with E-state index in [1.54, 1.807) is 11.8 Å². The fourth-order valence-corrected chi connectivity index (χ4v) is 2.40. The zero-order valence-corrected chi connectivity index (χ0v) is 8.58. The van der Waals surface area contributed by atoms with Crippen molar-refractivity contribution in [2.45, 2.75) is 4.90 Å². The minimum absolute atomic E-state index is 0.535. The number of nitriles is 1. The molecule has 1 aromatic heterocycles. The average molecular weight is 206 g/mol. The summed E-state index contributed by atoms with van der Waals surface area (Å²) >= 11 is 3.14. The van der Waals surface area contributed by atoms with E-state index in [-0.39, 0.29) is 0 Å². The van der Waals surface area contributed by atoms with E-state index in [1.165, 1.54) is 16.2 Å². The van der Waals surface area contributed by atoms with Crippen LogP contribution in [0.1, 0.15) is 5.01 Å². The highest BCUT2D eigenvalue weighted by atomic mass is 32.2. The third-order valence-electron chi connectivity index (χ3n) is 1.69. The van der Waals surface area contributed by atoms with E-state index in [0.29, 0.717) is 5.01 Å². The number of hydrogen-bond donors (Lipinski definition) is 0. The Morgan fingerprint density at radius 3 is 3.08 bits per heavy atom. The summed E-state index contributed by atoms with van der Waals surface area (Å²) in [5.41, 5.74) is 0.916. The highest BCUT2D eigenvalue weighted by Crippen LogP contribution is 2.26. The molecule has 0 radical (unpaired) electrons. The molecule has 0 aliphatic heterocycles. The molecule has 0 fully saturated rings. The van der Waals surface area contributed by atoms with Gasteiger partial charge in [0.25, 0.3) is 0 Å². The van der Waals surface area contributed by atoms with Crippen LogP contribution in [0, 0.1) is 11.3 Å². The number of nitrogens with zero attached hydrogens (tertiary/aromatic N) is 2. The fraction of sp³-hybridized carbons (Fsp3) is 0.111. The number of fused-ring (bicyclic) bond motifs is 1. The lowest BCUT2D eigenvalue weighted by atomic mass is 10.3. The predicted octanol–water partition coefficient (Wildman–Crippen LogP) is 2.89. The van der Waals surface area contributed by atoms with Crippen molar-refractivity contribution in [2.24, 2.45) is 0 Å². The van der Waals surface area contributed by atoms with E-state index in [4.69, 9.17) is 5.26 Å². The molecule has 0 spiro atoms. The number of aromatic nitrogens is 1. The Morgan fingerprint density at radius 1 is 1.54 bits per heavy atom. The van der Waals surface area contributed by atoms with Crippen LogP contribution in [0.5, 0.6) is 0 Å². The van der Waals surface area contributed by atoms with Gasteiger partial charge < -0.3 is 0 Å². The first-order valence-electron chi connectivity index (χ1n) is 3.68. The molecule has 0 unspecified atom stereocenters. The first-order chi connectivity index (χ1) is 6.33. The summed E-state index contributed by atoms with van der Waals surface area (Å²) in [5, 5.41) is 9.19. The van der Waals surface area contributed by atoms with Crippen LogP contribution >= 0.6 is 23.1 Å². The van der Waals surface area contributed by atoms with Gasteiger partial charge in [-0.1, -0.05) is 0 Å². The van der Waals surface area contributed by atoms with Gasteiger partial charge in [-0.15, -0.1) is 23.1 Å². The van der Waals surface area contributed by atoms with Crippen LogP contribution in [0.4, 0.5) is 0 Å². The van der Waals surface area contributed by atoms with Crippen LogP contribution in [0.25, 0.3) is 10.2 Å². The van der Waals surface area contributed by atoms with Crippen LogP contribution < -0.4 is 0 Å². The van der Waals surface area contributed by atoms with Crippen molar-refractivity contribution < 1.29 is 0 Å². The largest absolute Gasteiger partial charge is 0.226 e. The molecule has 0 aliphatic rings. The summed E-state index contributed by atoms with van der Waals surface area (Å²) in [7, 11) is 0. The molecular weight excluding hydrogens is 200 g/mol. The Morgan fingerprint density at radius 2 is 2.38 bits per heavy atom. The summed E-state index contributed by atoms with van der Waals surface area (Å²) in [5.74, 6) is 0. The second-order valence-electron chi connectivity index (χ2n) is 2.46. The smallest absolute Gasteiger partial charge is 0.195 e. The van der Waals surface area contributed by atoms with E-state index in [9.17, 15) is 0 Å². The summed E-state index contributed by atoms with van der Waals surface area (Å²) in [6, 6.07) is 8.10. The second-order valence-corrected chi connectivity index (χ2v) is 4.37. The molecule has 1 heterocycles. The van der Waals surface area contributed by atoms with Crippen molar-refractivity contribution in [3.05, 3.63) is 23.2 Å². The molecule has 64 valence electrons. The number of thioether (sulfide) groups is 1. The first kappa shape index (κ1) is 8.54. The highest BCUT2D eigenvalue weighted by Gasteiger charge is 2.02. The third kappa shape index (κ3) is 1.53. The number of benzene rings is 1. The summed E-state index contributed by atoms with van der Waals surface area (Å²) in [6.45, 7) is 0. The van der Waals surface area contributed by atoms with Gasteiger partial charge in [-0.25, -0.2) is 4.98 Å². The number of hydrogen-bond acceptors (Lipinski definition) is 4. The van der Waals surface area contributed by atoms with Crippen LogP contribution in [0.15, 0.2) is 23.1 Å². The van der Waals surface area contributed by atoms with Crippen molar-refractivity contribution in [2.75, 3.05) is 6.26 Å². The van der Waals surface area contributed by atoms with E-state index >= 15 is 0 Å². The van der Waals surface area contributed by atoms with Gasteiger partial charge in [0, 0.05) is 4.90 Å². The van der Waals surface area contributed by atoms with Gasteiger partial charge in [-0.3, -0.25) is 0 Å². The molecular formula is C9H6N2S2. The fourth-order valence-electron chi connectivity index (χ4n) is 1.08. The van der Waals surface area contributed by atoms with Gasteiger partial charge in [0.05, 0.1) is 10.2 Å². The predicted molar refractivity (Wildman–Crippen MR) is 56.1 cm³/mol. The Balaban J connectivity index is 2.65. The number of thiazole rings is 1. The minimum atomic E-state index is 0.535. The summed E-state index contributed by atoms with van der Waals surface area (Å²) < 4.78 is 1.09. The quantitative estimate of drug-likeness (QED) is 0.673. The Labute approximate surface area is 84.2 Å². The Kier molecular flexibility index (Phi) is 2.21. The highest BCUT2D eigenvalue weighted by molar-refractivity contribution is 7.98. The van der Waals surface area contributed by atoms with E-state index < -0.39 is 0 Å². The van der Waals surface area contributed by atoms with Crippen molar-refractivity contribution in [1.29, 1.82) is 5.26 Å². The molecule has 4 heteroatoms. The normalized spacial score (nSPS) is 10.2. The van der Waals surface area contributed by atoms with E-state index in [0.717, 1.165) is 10.2 Å². The van der Waals surface area contributed by atoms with E-state index in [1.807, 2.05) is 18.4 Å². The maximum atomic E-state index is 8.66. The van der Waals surface area contributed by atoms with Crippen LogP contribution in [0.3, 0.4) is 0 Å². The molecule has 0 saturated carbocycles. The molecule has 2 aromatic rings. The van der Waals surface area contributed by atoms with Gasteiger partial charge in [-0.2, -0.15) is 5.26 Å². The monoisotopic (exact) mass is 206 g/mol. The first-order valence-corrected chi connectivity index (χ1v) is 5.72. The molecule has 2 rings (SSSR count). The van der Waals surface area contributed by atoms with Gasteiger partial charge in [-0.05, 0) is 24.5 Å². The van der Waals surface area contributed by atoms with Gasteiger partial charge >= 0.3 is 0 Å². The molecule has 0 N–H and O–H groups in total. The van der Waals surface area contributed by atoms with E-state index in [2.05, 4.69) is 17.1 Å². The molecule has 0 aliphatic carbocycles. The standard InChI is InChI=1S/C9H6N2S2/c1-12-6-2-3-7-8(4-6)13-9(5-10)11-7/h2-4H,1H3. The number of rotatable bonds is 1. The van der Waals surface area contributed by atoms with Crippen molar-refractivity contribution in [1.82, 2.24) is 4.98 Å². The Bertz CT molecular complexity index is 482. The molecule has 0 atom stereocenters. The Hall–Kier alpha value is -1.05. The lowest BCUT2D eigenvalue weighted by Gasteiger charge is -1.92. The lowest BCUT2D eigenvalue weighted by Crippen LogP contribution is -1.70. The molecule has 13 heavy (non-hydrogen) atoms. The molecule has 2 nitrogen and oxygen atoms in total. The molecule has 0 saturated heterocycles. The van der Waals surface area contributed by atoms with Gasteiger partial charge in [0.2, 0.25) is 0 Å². The zero-order chi connectivity index (χ0) is 9.26. The second kappa shape index (κ2) is 3.36. The maximum absolute atomic E-state index is 8.66. The average Bonchev–Trinajstić information content (AvgIpc) is 2.58.